The summed E-state index contributed by atoms with van der Waals surface area (Å²) < 4.78 is 5.31. The van der Waals surface area contributed by atoms with E-state index >= 15 is 0 Å². The second-order valence-electron chi connectivity index (χ2n) is 7.92. The van der Waals surface area contributed by atoms with Gasteiger partial charge in [-0.15, -0.1) is 0 Å². The first-order valence-electron chi connectivity index (χ1n) is 11.2. The molecule has 3 nitrogen and oxygen atoms in total. The first kappa shape index (κ1) is 21.4. The number of benzene rings is 4. The van der Waals surface area contributed by atoms with Crippen LogP contribution in [0.3, 0.4) is 0 Å². The summed E-state index contributed by atoms with van der Waals surface area (Å²) in [5, 5.41) is 0. The van der Waals surface area contributed by atoms with Gasteiger partial charge >= 0.3 is 0 Å². The molecule has 4 aromatic carbocycles. The average Bonchev–Trinajstić information content (AvgIpc) is 2.93. The van der Waals surface area contributed by atoms with Gasteiger partial charge in [-0.2, -0.15) is 0 Å². The third-order valence-electron chi connectivity index (χ3n) is 5.62. The Balaban J connectivity index is 1.51. The van der Waals surface area contributed by atoms with Gasteiger partial charge in [0.25, 0.3) is 0 Å². The van der Waals surface area contributed by atoms with Crippen LogP contribution in [0.5, 0.6) is 5.75 Å². The third kappa shape index (κ3) is 4.94. The van der Waals surface area contributed by atoms with Crippen LogP contribution in [0.25, 0.3) is 46.1 Å². The Morgan fingerprint density at radius 2 is 1.03 bits per heavy atom. The van der Waals surface area contributed by atoms with Gasteiger partial charge in [0.15, 0.2) is 5.82 Å². The molecule has 0 saturated carbocycles. The van der Waals surface area contributed by atoms with E-state index in [4.69, 9.17) is 14.7 Å². The Morgan fingerprint density at radius 1 is 0.529 bits per heavy atom. The largest absolute Gasteiger partial charge is 0.497 e. The van der Waals surface area contributed by atoms with Crippen LogP contribution in [0, 0.1) is 0 Å². The van der Waals surface area contributed by atoms with Crippen molar-refractivity contribution in [2.24, 2.45) is 0 Å². The fourth-order valence-electron chi connectivity index (χ4n) is 3.74. The van der Waals surface area contributed by atoms with Gasteiger partial charge < -0.3 is 4.74 Å². The topological polar surface area (TPSA) is 35.0 Å². The quantitative estimate of drug-likeness (QED) is 0.254. The molecule has 1 heterocycles. The van der Waals surface area contributed by atoms with E-state index in [-0.39, 0.29) is 0 Å². The molecule has 34 heavy (non-hydrogen) atoms. The van der Waals surface area contributed by atoms with E-state index in [9.17, 15) is 0 Å². The molecule has 5 rings (SSSR count). The number of hydrogen-bond donors (Lipinski definition) is 0. The van der Waals surface area contributed by atoms with E-state index in [1.165, 1.54) is 5.56 Å². The van der Waals surface area contributed by atoms with Gasteiger partial charge in [0, 0.05) is 16.7 Å². The molecule has 0 aliphatic heterocycles. The minimum absolute atomic E-state index is 0.706. The fraction of sp³-hybridized carbons (Fsp3) is 0.0323. The monoisotopic (exact) mass is 440 g/mol. The third-order valence-corrected chi connectivity index (χ3v) is 5.62. The first-order chi connectivity index (χ1) is 16.8. The van der Waals surface area contributed by atoms with Crippen molar-refractivity contribution in [2.45, 2.75) is 0 Å². The van der Waals surface area contributed by atoms with Crippen molar-refractivity contribution in [1.29, 1.82) is 0 Å². The van der Waals surface area contributed by atoms with E-state index < -0.39 is 0 Å². The molecule has 0 fully saturated rings. The van der Waals surface area contributed by atoms with E-state index in [2.05, 4.69) is 48.6 Å². The Bertz CT molecular complexity index is 1390. The molecule has 1 aromatic heterocycles. The summed E-state index contributed by atoms with van der Waals surface area (Å²) in [6.45, 7) is 0. The van der Waals surface area contributed by atoms with Crippen LogP contribution >= 0.6 is 0 Å². The minimum Gasteiger partial charge on any atom is -0.497 e. The average molecular weight is 441 g/mol. The maximum absolute atomic E-state index is 5.31. The molecule has 0 atom stereocenters. The summed E-state index contributed by atoms with van der Waals surface area (Å²) in [6.07, 6.45) is 4.24. The van der Waals surface area contributed by atoms with Gasteiger partial charge in [-0.1, -0.05) is 97.1 Å². The Kier molecular flexibility index (Phi) is 6.26. The van der Waals surface area contributed by atoms with Crippen molar-refractivity contribution < 1.29 is 4.74 Å². The van der Waals surface area contributed by atoms with E-state index in [0.717, 1.165) is 39.4 Å². The van der Waals surface area contributed by atoms with Gasteiger partial charge in [0.05, 0.1) is 18.5 Å². The molecule has 0 radical (unpaired) electrons. The molecule has 0 unspecified atom stereocenters. The zero-order chi connectivity index (χ0) is 23.2. The van der Waals surface area contributed by atoms with E-state index in [1.54, 1.807) is 7.11 Å². The van der Waals surface area contributed by atoms with Crippen molar-refractivity contribution in [3.63, 3.8) is 0 Å². The van der Waals surface area contributed by atoms with Crippen LogP contribution in [0.2, 0.25) is 0 Å². The molecule has 0 amide bonds. The van der Waals surface area contributed by atoms with Crippen LogP contribution < -0.4 is 4.74 Å². The van der Waals surface area contributed by atoms with Gasteiger partial charge in [0.1, 0.15) is 5.75 Å². The molecular weight excluding hydrogens is 416 g/mol. The molecule has 0 N–H and O–H groups in total. The normalized spacial score (nSPS) is 11.0. The summed E-state index contributed by atoms with van der Waals surface area (Å²) in [5.41, 5.74) is 7.13. The van der Waals surface area contributed by atoms with Crippen molar-refractivity contribution in [3.8, 4) is 39.7 Å². The zero-order valence-electron chi connectivity index (χ0n) is 18.9. The summed E-state index contributed by atoms with van der Waals surface area (Å²) in [7, 11) is 1.67. The highest BCUT2D eigenvalue weighted by molar-refractivity contribution is 5.74. The lowest BCUT2D eigenvalue weighted by Gasteiger charge is -2.10. The Morgan fingerprint density at radius 3 is 1.59 bits per heavy atom. The van der Waals surface area contributed by atoms with Crippen molar-refractivity contribution in [2.75, 3.05) is 7.11 Å². The van der Waals surface area contributed by atoms with Crippen LogP contribution in [-0.4, -0.2) is 17.1 Å². The molecular formula is C31H24N2O. The van der Waals surface area contributed by atoms with E-state index in [1.807, 2.05) is 78.9 Å². The molecule has 164 valence electrons. The summed E-state index contributed by atoms with van der Waals surface area (Å²) in [6, 6.07) is 38.8. The number of methoxy groups -OCH3 is 1. The van der Waals surface area contributed by atoms with Crippen molar-refractivity contribution in [3.05, 3.63) is 126 Å². The summed E-state index contributed by atoms with van der Waals surface area (Å²) in [4.78, 5) is 9.77. The van der Waals surface area contributed by atoms with Gasteiger partial charge in [-0.05, 0) is 41.5 Å². The number of hydrogen-bond acceptors (Lipinski definition) is 3. The zero-order valence-corrected chi connectivity index (χ0v) is 18.9. The number of ether oxygens (including phenoxy) is 1. The fourth-order valence-corrected chi connectivity index (χ4v) is 3.74. The summed E-state index contributed by atoms with van der Waals surface area (Å²) >= 11 is 0. The second-order valence-corrected chi connectivity index (χ2v) is 7.92. The van der Waals surface area contributed by atoms with Gasteiger partial charge in [0.2, 0.25) is 0 Å². The molecule has 0 bridgehead atoms. The lowest BCUT2D eigenvalue weighted by atomic mass is 10.0. The Labute approximate surface area is 200 Å². The molecule has 3 heteroatoms. The molecule has 0 saturated heterocycles. The van der Waals surface area contributed by atoms with Gasteiger partial charge in [-0.25, -0.2) is 9.97 Å². The van der Waals surface area contributed by atoms with Crippen molar-refractivity contribution in [1.82, 2.24) is 9.97 Å². The van der Waals surface area contributed by atoms with E-state index in [0.29, 0.717) is 5.82 Å². The minimum atomic E-state index is 0.706. The Hall–Kier alpha value is -4.50. The first-order valence-corrected chi connectivity index (χ1v) is 11.2. The van der Waals surface area contributed by atoms with Crippen molar-refractivity contribution >= 4 is 12.2 Å². The predicted molar refractivity (Wildman–Crippen MR) is 140 cm³/mol. The molecule has 0 spiro atoms. The molecule has 0 aliphatic carbocycles. The number of aromatic nitrogens is 2. The summed E-state index contributed by atoms with van der Waals surface area (Å²) in [5.74, 6) is 1.53. The second kappa shape index (κ2) is 9.97. The maximum atomic E-state index is 5.31. The lowest BCUT2D eigenvalue weighted by molar-refractivity contribution is 0.415. The van der Waals surface area contributed by atoms with Crippen LogP contribution in [0.4, 0.5) is 0 Å². The maximum Gasteiger partial charge on any atom is 0.160 e. The SMILES string of the molecule is COc1ccc(-c2cc(-c3ccc(/C=C/c4ccccc4)cc3)nc(-c3ccccc3)n2)cc1. The highest BCUT2D eigenvalue weighted by atomic mass is 16.5. The van der Waals surface area contributed by atoms with Crippen LogP contribution in [0.1, 0.15) is 11.1 Å². The van der Waals surface area contributed by atoms with Crippen LogP contribution in [0.15, 0.2) is 115 Å². The molecule has 0 aliphatic rings. The number of nitrogens with zero attached hydrogens (tertiary/aromatic N) is 2. The highest BCUT2D eigenvalue weighted by Crippen LogP contribution is 2.28. The lowest BCUT2D eigenvalue weighted by Crippen LogP contribution is -1.96. The standard InChI is InChI=1S/C31H24N2O/c1-34-28-20-18-26(19-21-28)30-22-29(32-31(33-30)27-10-6-3-7-11-27)25-16-14-24(15-17-25)13-12-23-8-4-2-5-9-23/h2-22H,1H3/b13-12+. The number of rotatable bonds is 6. The van der Waals surface area contributed by atoms with Crippen LogP contribution in [-0.2, 0) is 0 Å². The molecule has 5 aromatic rings. The highest BCUT2D eigenvalue weighted by Gasteiger charge is 2.10. The predicted octanol–water partition coefficient (Wildman–Crippen LogP) is 7.66. The smallest absolute Gasteiger partial charge is 0.160 e. The van der Waals surface area contributed by atoms with Gasteiger partial charge in [-0.3, -0.25) is 0 Å².